The van der Waals surface area contributed by atoms with Crippen LogP contribution < -0.4 is 4.84 Å². The van der Waals surface area contributed by atoms with Crippen molar-refractivity contribution in [2.45, 2.75) is 19.3 Å². The smallest absolute Gasteiger partial charge is 0.436 e. The number of ether oxygens (including phenoxy) is 1. The van der Waals surface area contributed by atoms with E-state index in [1.54, 1.807) is 0 Å². The van der Waals surface area contributed by atoms with Crippen LogP contribution in [0, 0.1) is 3.95 Å². The summed E-state index contributed by atoms with van der Waals surface area (Å²) in [5.74, 6) is 0.628. The molecule has 4 nitrogen and oxygen atoms in total. The number of alkyl halides is 1. The summed E-state index contributed by atoms with van der Waals surface area (Å²) in [6.45, 7) is 0. The largest absolute Gasteiger partial charge is 0.533 e. The summed E-state index contributed by atoms with van der Waals surface area (Å²) in [5, 5.41) is 1.87. The molecule has 90 valence electrons. The Kier molecular flexibility index (Phi) is 5.79. The molecule has 0 aliphatic carbocycles. The van der Waals surface area contributed by atoms with Gasteiger partial charge >= 0.3 is 6.16 Å². The van der Waals surface area contributed by atoms with Gasteiger partial charge in [0.05, 0.1) is 12.8 Å². The highest BCUT2D eigenvalue weighted by Gasteiger charge is 2.10. The molecule has 1 aromatic rings. The van der Waals surface area contributed by atoms with Gasteiger partial charge in [0.25, 0.3) is 0 Å². The van der Waals surface area contributed by atoms with Gasteiger partial charge in [-0.05, 0) is 31.5 Å². The van der Waals surface area contributed by atoms with Crippen LogP contribution in [0.4, 0.5) is 4.79 Å². The van der Waals surface area contributed by atoms with Crippen LogP contribution in [-0.4, -0.2) is 23.9 Å². The molecule has 0 amide bonds. The lowest BCUT2D eigenvalue weighted by Gasteiger charge is -2.06. The first-order valence-electron chi connectivity index (χ1n) is 4.70. The number of aromatic nitrogens is 1. The van der Waals surface area contributed by atoms with E-state index in [1.165, 1.54) is 23.2 Å². The SMILES string of the molecule is COC(=O)On1c(CCCCCl)csc1=S. The Morgan fingerprint density at radius 1 is 1.62 bits per heavy atom. The molecule has 0 atom stereocenters. The fourth-order valence-corrected chi connectivity index (χ4v) is 2.29. The Morgan fingerprint density at radius 3 is 3.00 bits per heavy atom. The number of methoxy groups -OCH3 is 1. The van der Waals surface area contributed by atoms with E-state index in [0.717, 1.165) is 25.0 Å². The highest BCUT2D eigenvalue weighted by atomic mass is 35.5. The minimum atomic E-state index is -0.770. The summed E-state index contributed by atoms with van der Waals surface area (Å²) in [6, 6.07) is 0. The molecular weight excluding hydrogens is 270 g/mol. The van der Waals surface area contributed by atoms with Crippen LogP contribution >= 0.6 is 35.2 Å². The van der Waals surface area contributed by atoms with E-state index in [0.29, 0.717) is 9.83 Å². The standard InChI is InChI=1S/C9H12ClNO3S2/c1-13-9(12)14-11-7(4-2-3-5-10)6-16-8(11)15/h6H,2-5H2,1H3. The third-order valence-corrected chi connectivity index (χ3v) is 3.35. The molecule has 0 aliphatic rings. The zero-order valence-corrected chi connectivity index (χ0v) is 11.2. The number of carbonyl (C=O) groups excluding carboxylic acids is 1. The second-order valence-electron chi connectivity index (χ2n) is 2.98. The zero-order valence-electron chi connectivity index (χ0n) is 8.77. The molecular formula is C9H12ClNO3S2. The first-order valence-corrected chi connectivity index (χ1v) is 6.53. The molecule has 16 heavy (non-hydrogen) atoms. The number of carbonyl (C=O) groups is 1. The summed E-state index contributed by atoms with van der Waals surface area (Å²) in [7, 11) is 1.26. The molecule has 1 aromatic heterocycles. The average molecular weight is 282 g/mol. The van der Waals surface area contributed by atoms with Gasteiger partial charge in [0.15, 0.2) is 3.95 Å². The Morgan fingerprint density at radius 2 is 2.38 bits per heavy atom. The molecule has 0 fully saturated rings. The van der Waals surface area contributed by atoms with Crippen LogP contribution in [0.25, 0.3) is 0 Å². The fraction of sp³-hybridized carbons (Fsp3) is 0.556. The number of hydrogen-bond acceptors (Lipinski definition) is 5. The lowest BCUT2D eigenvalue weighted by molar-refractivity contribution is 0.0611. The molecule has 0 aromatic carbocycles. The third-order valence-electron chi connectivity index (χ3n) is 1.87. The number of aryl methyl sites for hydroxylation is 1. The molecule has 1 heterocycles. The van der Waals surface area contributed by atoms with E-state index in [4.69, 9.17) is 28.7 Å². The minimum Gasteiger partial charge on any atom is -0.436 e. The van der Waals surface area contributed by atoms with E-state index in [1.807, 2.05) is 5.38 Å². The highest BCUT2D eigenvalue weighted by molar-refractivity contribution is 7.73. The average Bonchev–Trinajstić information content (AvgIpc) is 2.61. The van der Waals surface area contributed by atoms with E-state index < -0.39 is 6.16 Å². The van der Waals surface area contributed by atoms with Crippen LogP contribution in [-0.2, 0) is 11.2 Å². The van der Waals surface area contributed by atoms with Crippen LogP contribution in [0.2, 0.25) is 0 Å². The van der Waals surface area contributed by atoms with Gasteiger partial charge in [0, 0.05) is 11.3 Å². The van der Waals surface area contributed by atoms with Crippen molar-refractivity contribution in [2.24, 2.45) is 0 Å². The van der Waals surface area contributed by atoms with Gasteiger partial charge in [-0.3, -0.25) is 4.84 Å². The first-order chi connectivity index (χ1) is 7.69. The van der Waals surface area contributed by atoms with Crippen molar-refractivity contribution in [3.05, 3.63) is 15.0 Å². The number of nitrogens with zero attached hydrogens (tertiary/aromatic N) is 1. The Labute approximate surface area is 108 Å². The van der Waals surface area contributed by atoms with Gasteiger partial charge in [-0.25, -0.2) is 4.79 Å². The van der Waals surface area contributed by atoms with Crippen molar-refractivity contribution in [3.63, 3.8) is 0 Å². The molecule has 1 rings (SSSR count). The monoisotopic (exact) mass is 281 g/mol. The van der Waals surface area contributed by atoms with E-state index >= 15 is 0 Å². The highest BCUT2D eigenvalue weighted by Crippen LogP contribution is 2.13. The van der Waals surface area contributed by atoms with Crippen molar-refractivity contribution < 1.29 is 14.4 Å². The molecule has 0 radical (unpaired) electrons. The van der Waals surface area contributed by atoms with Crippen molar-refractivity contribution in [1.82, 2.24) is 4.73 Å². The van der Waals surface area contributed by atoms with Crippen molar-refractivity contribution in [2.75, 3.05) is 13.0 Å². The van der Waals surface area contributed by atoms with Gasteiger partial charge in [-0.2, -0.15) is 4.73 Å². The summed E-state index contributed by atoms with van der Waals surface area (Å²) in [5.41, 5.74) is 0.866. The fourth-order valence-electron chi connectivity index (χ4n) is 1.10. The number of unbranched alkanes of at least 4 members (excludes halogenated alkanes) is 1. The Balaban J connectivity index is 2.69. The lowest BCUT2D eigenvalue weighted by Crippen LogP contribution is -2.21. The van der Waals surface area contributed by atoms with E-state index in [2.05, 4.69) is 4.74 Å². The van der Waals surface area contributed by atoms with Crippen LogP contribution in [0.3, 0.4) is 0 Å². The maximum absolute atomic E-state index is 11.0. The summed E-state index contributed by atoms with van der Waals surface area (Å²) >= 11 is 12.0. The first kappa shape index (κ1) is 13.5. The summed E-state index contributed by atoms with van der Waals surface area (Å²) in [4.78, 5) is 15.9. The van der Waals surface area contributed by atoms with Crippen molar-refractivity contribution >= 4 is 41.3 Å². The molecule has 0 N–H and O–H groups in total. The van der Waals surface area contributed by atoms with Gasteiger partial charge in [-0.1, -0.05) is 0 Å². The number of halogens is 1. The van der Waals surface area contributed by atoms with Crippen LogP contribution in [0.1, 0.15) is 18.5 Å². The third kappa shape index (κ3) is 3.77. The normalized spacial score (nSPS) is 10.1. The Hall–Kier alpha value is -0.590. The predicted octanol–water partition coefficient (Wildman–Crippen LogP) is 3.04. The number of thiazole rings is 1. The van der Waals surface area contributed by atoms with Crippen LogP contribution in [0.15, 0.2) is 5.38 Å². The van der Waals surface area contributed by atoms with E-state index in [9.17, 15) is 4.79 Å². The minimum absolute atomic E-state index is 0.492. The second-order valence-corrected chi connectivity index (χ2v) is 4.86. The molecule has 0 bridgehead atoms. The quantitative estimate of drug-likeness (QED) is 0.360. The van der Waals surface area contributed by atoms with Gasteiger partial charge in [-0.15, -0.1) is 22.9 Å². The van der Waals surface area contributed by atoms with E-state index in [-0.39, 0.29) is 0 Å². The lowest BCUT2D eigenvalue weighted by atomic mass is 10.2. The molecule has 0 spiro atoms. The summed E-state index contributed by atoms with van der Waals surface area (Å²) in [6.07, 6.45) is 1.85. The van der Waals surface area contributed by atoms with Crippen molar-refractivity contribution in [3.8, 4) is 0 Å². The molecule has 7 heteroatoms. The zero-order chi connectivity index (χ0) is 12.0. The second kappa shape index (κ2) is 6.88. The topological polar surface area (TPSA) is 40.5 Å². The van der Waals surface area contributed by atoms with Crippen molar-refractivity contribution in [1.29, 1.82) is 0 Å². The predicted molar refractivity (Wildman–Crippen MR) is 65.8 cm³/mol. The molecule has 0 unspecified atom stereocenters. The Bertz CT molecular complexity index is 402. The molecule has 0 saturated carbocycles. The van der Waals surface area contributed by atoms with Gasteiger partial charge in [0.2, 0.25) is 0 Å². The van der Waals surface area contributed by atoms with Crippen LogP contribution in [0.5, 0.6) is 0 Å². The summed E-state index contributed by atoms with van der Waals surface area (Å²) < 4.78 is 6.24. The number of hydrogen-bond donors (Lipinski definition) is 0. The van der Waals surface area contributed by atoms with Gasteiger partial charge < -0.3 is 4.74 Å². The maximum Gasteiger partial charge on any atom is 0.533 e. The maximum atomic E-state index is 11.0. The molecule has 0 aliphatic heterocycles. The van der Waals surface area contributed by atoms with Gasteiger partial charge in [0.1, 0.15) is 0 Å². The molecule has 0 saturated heterocycles. The number of rotatable bonds is 5.